The molecule has 0 aliphatic carbocycles. The van der Waals surface area contributed by atoms with Crippen molar-refractivity contribution in [3.63, 3.8) is 0 Å². The molecule has 3 rings (SSSR count). The van der Waals surface area contributed by atoms with Crippen LogP contribution in [0, 0.1) is 0 Å². The summed E-state index contributed by atoms with van der Waals surface area (Å²) in [6.07, 6.45) is 4.39. The second-order valence-electron chi connectivity index (χ2n) is 5.32. The van der Waals surface area contributed by atoms with E-state index in [0.717, 1.165) is 30.2 Å². The van der Waals surface area contributed by atoms with E-state index in [-0.39, 0.29) is 0 Å². The van der Waals surface area contributed by atoms with E-state index in [1.165, 1.54) is 6.42 Å². The molecular weight excluding hydrogens is 240 g/mol. The van der Waals surface area contributed by atoms with Crippen molar-refractivity contribution in [2.45, 2.75) is 38.8 Å². The highest BCUT2D eigenvalue weighted by Crippen LogP contribution is 2.33. The van der Waals surface area contributed by atoms with Crippen molar-refractivity contribution in [3.05, 3.63) is 24.2 Å². The van der Waals surface area contributed by atoms with Gasteiger partial charge in [-0.05, 0) is 45.4 Å². The molecule has 0 bridgehead atoms. The lowest BCUT2D eigenvalue weighted by atomic mass is 10.2. The van der Waals surface area contributed by atoms with Gasteiger partial charge in [0.1, 0.15) is 0 Å². The lowest BCUT2D eigenvalue weighted by Gasteiger charge is -2.26. The van der Waals surface area contributed by atoms with Crippen LogP contribution in [0.4, 0.5) is 0 Å². The molecule has 2 aromatic heterocycles. The number of methoxy groups -OCH3 is 1. The van der Waals surface area contributed by atoms with E-state index in [0.29, 0.717) is 12.1 Å². The molecule has 0 amide bonds. The summed E-state index contributed by atoms with van der Waals surface area (Å²) >= 11 is 0. The Morgan fingerprint density at radius 1 is 1.37 bits per heavy atom. The van der Waals surface area contributed by atoms with Gasteiger partial charge in [0.2, 0.25) is 5.65 Å². The van der Waals surface area contributed by atoms with Crippen LogP contribution in [0.15, 0.2) is 18.3 Å². The molecule has 1 saturated heterocycles. The van der Waals surface area contributed by atoms with E-state index in [1.54, 1.807) is 7.11 Å². The molecule has 102 valence electrons. The Balaban J connectivity index is 2.06. The Morgan fingerprint density at radius 2 is 2.21 bits per heavy atom. The third-order valence-corrected chi connectivity index (χ3v) is 3.90. The predicted molar refractivity (Wildman–Crippen MR) is 73.4 cm³/mol. The third kappa shape index (κ3) is 1.98. The SMILES string of the molecule is COc1cccn2c(C3CCCN3C(C)C)nnc12. The van der Waals surface area contributed by atoms with Crippen LogP contribution >= 0.6 is 0 Å². The first-order valence-corrected chi connectivity index (χ1v) is 6.85. The standard InChI is InChI=1S/C14H20N4O/c1-10(2)17-8-4-6-11(17)13-15-16-14-12(19-3)7-5-9-18(13)14/h5,7,9-11H,4,6,8H2,1-3H3. The van der Waals surface area contributed by atoms with Crippen molar-refractivity contribution >= 4 is 5.65 Å². The first-order valence-electron chi connectivity index (χ1n) is 6.85. The number of nitrogens with zero attached hydrogens (tertiary/aromatic N) is 4. The van der Waals surface area contributed by atoms with Gasteiger partial charge in [0.25, 0.3) is 0 Å². The highest BCUT2D eigenvalue weighted by atomic mass is 16.5. The molecular formula is C14H20N4O. The van der Waals surface area contributed by atoms with E-state index in [2.05, 4.69) is 33.3 Å². The van der Waals surface area contributed by atoms with Gasteiger partial charge in [-0.3, -0.25) is 9.30 Å². The summed E-state index contributed by atoms with van der Waals surface area (Å²) in [7, 11) is 1.67. The summed E-state index contributed by atoms with van der Waals surface area (Å²) in [6, 6.07) is 4.79. The average molecular weight is 260 g/mol. The number of hydrogen-bond acceptors (Lipinski definition) is 4. The van der Waals surface area contributed by atoms with Gasteiger partial charge in [-0.15, -0.1) is 10.2 Å². The van der Waals surface area contributed by atoms with Crippen molar-refractivity contribution in [2.75, 3.05) is 13.7 Å². The monoisotopic (exact) mass is 260 g/mol. The fourth-order valence-corrected chi connectivity index (χ4v) is 2.98. The molecule has 0 radical (unpaired) electrons. The lowest BCUT2D eigenvalue weighted by molar-refractivity contribution is 0.197. The molecule has 0 aromatic carbocycles. The molecule has 3 heterocycles. The van der Waals surface area contributed by atoms with Crippen LogP contribution in [0.1, 0.15) is 38.6 Å². The molecule has 5 heteroatoms. The van der Waals surface area contributed by atoms with Gasteiger partial charge < -0.3 is 4.74 Å². The fourth-order valence-electron chi connectivity index (χ4n) is 2.98. The highest BCUT2D eigenvalue weighted by Gasteiger charge is 2.31. The van der Waals surface area contributed by atoms with E-state index in [1.807, 2.05) is 18.3 Å². The largest absolute Gasteiger partial charge is 0.493 e. The Morgan fingerprint density at radius 3 is 2.95 bits per heavy atom. The smallest absolute Gasteiger partial charge is 0.203 e. The minimum absolute atomic E-state index is 0.363. The van der Waals surface area contributed by atoms with E-state index >= 15 is 0 Å². The fraction of sp³-hybridized carbons (Fsp3) is 0.571. The van der Waals surface area contributed by atoms with Gasteiger partial charge in [-0.2, -0.15) is 0 Å². The van der Waals surface area contributed by atoms with Gasteiger partial charge in [-0.1, -0.05) is 0 Å². The number of pyridine rings is 1. The van der Waals surface area contributed by atoms with E-state index < -0.39 is 0 Å². The average Bonchev–Trinajstić information content (AvgIpc) is 3.03. The third-order valence-electron chi connectivity index (χ3n) is 3.90. The van der Waals surface area contributed by atoms with E-state index in [4.69, 9.17) is 4.74 Å². The van der Waals surface area contributed by atoms with Crippen molar-refractivity contribution < 1.29 is 4.74 Å². The Labute approximate surface area is 113 Å². The maximum Gasteiger partial charge on any atom is 0.203 e. The second-order valence-corrected chi connectivity index (χ2v) is 5.32. The minimum atomic E-state index is 0.363. The second kappa shape index (κ2) is 4.81. The number of likely N-dealkylation sites (tertiary alicyclic amines) is 1. The van der Waals surface area contributed by atoms with E-state index in [9.17, 15) is 0 Å². The summed E-state index contributed by atoms with van der Waals surface area (Å²) in [6.45, 7) is 5.62. The van der Waals surface area contributed by atoms with Crippen molar-refractivity contribution in [1.82, 2.24) is 19.5 Å². The van der Waals surface area contributed by atoms with Crippen LogP contribution in [0.2, 0.25) is 0 Å². The zero-order chi connectivity index (χ0) is 13.4. The summed E-state index contributed by atoms with van der Waals surface area (Å²) in [5.41, 5.74) is 0.801. The summed E-state index contributed by atoms with van der Waals surface area (Å²) < 4.78 is 7.40. The Bertz CT molecular complexity index is 578. The normalized spacial score (nSPS) is 20.5. The van der Waals surface area contributed by atoms with Crippen LogP contribution in [-0.4, -0.2) is 39.2 Å². The Kier molecular flexibility index (Phi) is 3.14. The number of ether oxygens (including phenoxy) is 1. The van der Waals surface area contributed by atoms with Gasteiger partial charge in [-0.25, -0.2) is 0 Å². The van der Waals surface area contributed by atoms with Crippen LogP contribution < -0.4 is 4.74 Å². The summed E-state index contributed by atoms with van der Waals surface area (Å²) in [4.78, 5) is 2.50. The molecule has 2 aromatic rings. The van der Waals surface area contributed by atoms with Crippen LogP contribution in [0.5, 0.6) is 5.75 Å². The Hall–Kier alpha value is -1.62. The minimum Gasteiger partial charge on any atom is -0.493 e. The lowest BCUT2D eigenvalue weighted by Crippen LogP contribution is -2.31. The first-order chi connectivity index (χ1) is 9.22. The number of rotatable bonds is 3. The van der Waals surface area contributed by atoms with Gasteiger partial charge >= 0.3 is 0 Å². The maximum absolute atomic E-state index is 5.34. The number of fused-ring (bicyclic) bond motifs is 1. The van der Waals surface area contributed by atoms with Crippen LogP contribution in [0.25, 0.3) is 5.65 Å². The van der Waals surface area contributed by atoms with Crippen molar-refractivity contribution in [3.8, 4) is 5.75 Å². The van der Waals surface area contributed by atoms with Crippen LogP contribution in [0.3, 0.4) is 0 Å². The van der Waals surface area contributed by atoms with Gasteiger partial charge in [0.05, 0.1) is 13.2 Å². The van der Waals surface area contributed by atoms with Crippen molar-refractivity contribution in [1.29, 1.82) is 0 Å². The highest BCUT2D eigenvalue weighted by molar-refractivity contribution is 5.53. The molecule has 5 nitrogen and oxygen atoms in total. The molecule has 1 fully saturated rings. The van der Waals surface area contributed by atoms with Crippen LogP contribution in [-0.2, 0) is 0 Å². The zero-order valence-electron chi connectivity index (χ0n) is 11.7. The molecule has 1 aliphatic heterocycles. The predicted octanol–water partition coefficient (Wildman–Crippen LogP) is 2.28. The van der Waals surface area contributed by atoms with Crippen molar-refractivity contribution in [2.24, 2.45) is 0 Å². The number of aromatic nitrogens is 3. The van der Waals surface area contributed by atoms with Gasteiger partial charge in [0.15, 0.2) is 11.6 Å². The number of hydrogen-bond donors (Lipinski definition) is 0. The molecule has 1 unspecified atom stereocenters. The first kappa shape index (κ1) is 12.4. The molecule has 0 N–H and O–H groups in total. The zero-order valence-corrected chi connectivity index (χ0v) is 11.7. The molecule has 1 aliphatic rings. The molecule has 1 atom stereocenters. The van der Waals surface area contributed by atoms with Gasteiger partial charge in [0, 0.05) is 12.2 Å². The molecule has 0 saturated carbocycles. The molecule has 0 spiro atoms. The summed E-state index contributed by atoms with van der Waals surface area (Å²) in [5, 5.41) is 8.70. The summed E-state index contributed by atoms with van der Waals surface area (Å²) in [5.74, 6) is 1.80. The molecule has 19 heavy (non-hydrogen) atoms. The maximum atomic E-state index is 5.34. The topological polar surface area (TPSA) is 42.7 Å². The quantitative estimate of drug-likeness (QED) is 0.849.